The molecule has 1 aliphatic rings. The van der Waals surface area contributed by atoms with Crippen LogP contribution in [0, 0.1) is 13.8 Å². The molecular weight excluding hydrogens is 224 g/mol. The van der Waals surface area contributed by atoms with Crippen molar-refractivity contribution in [2.24, 2.45) is 0 Å². The zero-order valence-corrected chi connectivity index (χ0v) is 10.8. The van der Waals surface area contributed by atoms with Crippen molar-refractivity contribution in [3.8, 4) is 0 Å². The first kappa shape index (κ1) is 11.1. The number of nitrogens with two attached hydrogens (primary N) is 1. The Morgan fingerprint density at radius 3 is 3.00 bits per heavy atom. The normalized spacial score (nSPS) is 18.2. The number of hydrogen-bond acceptors (Lipinski definition) is 3. The highest BCUT2D eigenvalue weighted by molar-refractivity contribution is 5.50. The van der Waals surface area contributed by atoms with E-state index in [1.54, 1.807) is 0 Å². The monoisotopic (exact) mass is 242 g/mol. The van der Waals surface area contributed by atoms with Crippen LogP contribution >= 0.6 is 0 Å². The van der Waals surface area contributed by atoms with Gasteiger partial charge in [0.1, 0.15) is 5.82 Å². The van der Waals surface area contributed by atoms with Gasteiger partial charge in [-0.2, -0.15) is 5.10 Å². The smallest absolute Gasteiger partial charge is 0.128 e. The lowest BCUT2D eigenvalue weighted by Gasteiger charge is -2.26. The Hall–Kier alpha value is -1.97. The summed E-state index contributed by atoms with van der Waals surface area (Å²) < 4.78 is 2.10. The molecule has 1 aliphatic heterocycles. The number of nitrogens with one attached hydrogen (secondary N) is 1. The Bertz CT molecular complexity index is 585. The van der Waals surface area contributed by atoms with Crippen molar-refractivity contribution in [3.63, 3.8) is 0 Å². The van der Waals surface area contributed by atoms with Crippen LogP contribution in [-0.4, -0.2) is 16.3 Å². The summed E-state index contributed by atoms with van der Waals surface area (Å²) in [6, 6.07) is 8.40. The highest BCUT2D eigenvalue weighted by atomic mass is 15.4. The van der Waals surface area contributed by atoms with Gasteiger partial charge in [0.2, 0.25) is 0 Å². The summed E-state index contributed by atoms with van der Waals surface area (Å²) >= 11 is 0. The van der Waals surface area contributed by atoms with Gasteiger partial charge in [-0.25, -0.2) is 4.68 Å². The van der Waals surface area contributed by atoms with E-state index in [4.69, 9.17) is 5.73 Å². The van der Waals surface area contributed by atoms with Gasteiger partial charge in [-0.15, -0.1) is 0 Å². The second-order valence-corrected chi connectivity index (χ2v) is 4.90. The van der Waals surface area contributed by atoms with Crippen LogP contribution in [0.15, 0.2) is 24.3 Å². The Morgan fingerprint density at radius 2 is 2.22 bits per heavy atom. The predicted octanol–water partition coefficient (Wildman–Crippen LogP) is 2.49. The molecule has 0 bridgehead atoms. The molecule has 2 heterocycles. The van der Waals surface area contributed by atoms with E-state index in [1.807, 2.05) is 18.2 Å². The molecule has 1 aromatic heterocycles. The maximum absolute atomic E-state index is 5.88. The summed E-state index contributed by atoms with van der Waals surface area (Å²) in [5.41, 5.74) is 10.3. The molecule has 0 saturated heterocycles. The molecule has 2 aromatic rings. The first-order valence-corrected chi connectivity index (χ1v) is 6.32. The van der Waals surface area contributed by atoms with Crippen molar-refractivity contribution in [2.75, 3.05) is 17.6 Å². The maximum atomic E-state index is 5.88. The lowest BCUT2D eigenvalue weighted by Crippen LogP contribution is -2.24. The van der Waals surface area contributed by atoms with E-state index < -0.39 is 0 Å². The predicted molar refractivity (Wildman–Crippen MR) is 73.8 cm³/mol. The van der Waals surface area contributed by atoms with Gasteiger partial charge in [0.05, 0.1) is 11.7 Å². The summed E-state index contributed by atoms with van der Waals surface area (Å²) in [6.45, 7) is 5.15. The highest BCUT2D eigenvalue weighted by Crippen LogP contribution is 2.32. The largest absolute Gasteiger partial charge is 0.399 e. The molecule has 0 aliphatic carbocycles. The van der Waals surface area contributed by atoms with Gasteiger partial charge in [-0.05, 0) is 38.0 Å². The zero-order valence-electron chi connectivity index (χ0n) is 10.8. The van der Waals surface area contributed by atoms with Crippen LogP contribution in [0.5, 0.6) is 0 Å². The van der Waals surface area contributed by atoms with Crippen LogP contribution in [0.3, 0.4) is 0 Å². The number of anilines is 2. The minimum Gasteiger partial charge on any atom is -0.399 e. The third-order valence-corrected chi connectivity index (χ3v) is 3.69. The van der Waals surface area contributed by atoms with Gasteiger partial charge in [-0.3, -0.25) is 0 Å². The zero-order chi connectivity index (χ0) is 12.7. The number of fused-ring (bicyclic) bond motifs is 1. The molecular formula is C14H18N4. The molecule has 1 atom stereocenters. The summed E-state index contributed by atoms with van der Waals surface area (Å²) in [5, 5.41) is 8.09. The summed E-state index contributed by atoms with van der Waals surface area (Å²) in [6.07, 6.45) is 1.04. The van der Waals surface area contributed by atoms with Crippen molar-refractivity contribution in [1.82, 2.24) is 9.78 Å². The van der Waals surface area contributed by atoms with E-state index >= 15 is 0 Å². The second-order valence-electron chi connectivity index (χ2n) is 4.90. The summed E-state index contributed by atoms with van der Waals surface area (Å²) in [7, 11) is 0. The van der Waals surface area contributed by atoms with Gasteiger partial charge in [0, 0.05) is 17.8 Å². The molecule has 3 N–H and O–H groups in total. The van der Waals surface area contributed by atoms with E-state index in [-0.39, 0.29) is 6.04 Å². The highest BCUT2D eigenvalue weighted by Gasteiger charge is 2.24. The van der Waals surface area contributed by atoms with E-state index in [0.29, 0.717) is 0 Å². The van der Waals surface area contributed by atoms with E-state index in [0.717, 1.165) is 30.2 Å². The van der Waals surface area contributed by atoms with Crippen molar-refractivity contribution in [1.29, 1.82) is 0 Å². The fraction of sp³-hybridized carbons (Fsp3) is 0.357. The molecule has 4 nitrogen and oxygen atoms in total. The molecule has 1 aromatic carbocycles. The van der Waals surface area contributed by atoms with Gasteiger partial charge in [0.15, 0.2) is 0 Å². The molecule has 4 heteroatoms. The molecule has 18 heavy (non-hydrogen) atoms. The third-order valence-electron chi connectivity index (χ3n) is 3.69. The molecule has 0 amide bonds. The number of nitrogen functional groups attached to an aromatic ring is 1. The lowest BCUT2D eigenvalue weighted by atomic mass is 10.0. The van der Waals surface area contributed by atoms with Crippen LogP contribution in [0.4, 0.5) is 11.5 Å². The fourth-order valence-corrected chi connectivity index (χ4v) is 2.59. The minimum atomic E-state index is 0.289. The number of hydrogen-bond donors (Lipinski definition) is 2. The van der Waals surface area contributed by atoms with Crippen LogP contribution in [-0.2, 0) is 0 Å². The summed E-state index contributed by atoms with van der Waals surface area (Å²) in [4.78, 5) is 0. The Labute approximate surface area is 107 Å². The molecule has 0 spiro atoms. The molecule has 1 unspecified atom stereocenters. The number of nitrogens with zero attached hydrogens (tertiary/aromatic N) is 2. The number of aryl methyl sites for hydroxylation is 1. The second kappa shape index (κ2) is 4.05. The molecule has 0 radical (unpaired) electrons. The molecule has 0 saturated carbocycles. The minimum absolute atomic E-state index is 0.289. The number of aromatic nitrogens is 2. The van der Waals surface area contributed by atoms with Crippen molar-refractivity contribution >= 4 is 11.5 Å². The van der Waals surface area contributed by atoms with Gasteiger partial charge in [-0.1, -0.05) is 12.1 Å². The first-order chi connectivity index (χ1) is 8.66. The average molecular weight is 242 g/mol. The maximum Gasteiger partial charge on any atom is 0.128 e. The van der Waals surface area contributed by atoms with Crippen LogP contribution in [0.25, 0.3) is 0 Å². The van der Waals surface area contributed by atoms with Crippen LogP contribution < -0.4 is 11.1 Å². The average Bonchev–Trinajstić information content (AvgIpc) is 2.65. The topological polar surface area (TPSA) is 55.9 Å². The Morgan fingerprint density at radius 1 is 1.39 bits per heavy atom. The SMILES string of the molecule is Cc1nn2c(c1C)NCCC2c1cccc(N)c1. The van der Waals surface area contributed by atoms with Crippen LogP contribution in [0.2, 0.25) is 0 Å². The van der Waals surface area contributed by atoms with Crippen molar-refractivity contribution in [3.05, 3.63) is 41.1 Å². The van der Waals surface area contributed by atoms with E-state index in [1.165, 1.54) is 11.1 Å². The van der Waals surface area contributed by atoms with Crippen molar-refractivity contribution in [2.45, 2.75) is 26.3 Å². The number of benzene rings is 1. The van der Waals surface area contributed by atoms with Gasteiger partial charge in [0.25, 0.3) is 0 Å². The van der Waals surface area contributed by atoms with Crippen molar-refractivity contribution < 1.29 is 0 Å². The van der Waals surface area contributed by atoms with E-state index in [9.17, 15) is 0 Å². The van der Waals surface area contributed by atoms with Crippen LogP contribution in [0.1, 0.15) is 29.3 Å². The Balaban J connectivity index is 2.09. The first-order valence-electron chi connectivity index (χ1n) is 6.32. The summed E-state index contributed by atoms with van der Waals surface area (Å²) in [5.74, 6) is 1.14. The number of rotatable bonds is 1. The third kappa shape index (κ3) is 1.65. The fourth-order valence-electron chi connectivity index (χ4n) is 2.59. The standard InChI is InChI=1S/C14H18N4/c1-9-10(2)17-18-13(6-7-16-14(9)18)11-4-3-5-12(15)8-11/h3-5,8,13,16H,6-7,15H2,1-2H3. The van der Waals surface area contributed by atoms with E-state index in [2.05, 4.69) is 35.0 Å². The molecule has 0 fully saturated rings. The lowest BCUT2D eigenvalue weighted by molar-refractivity contribution is 0.479. The Kier molecular flexibility index (Phi) is 2.51. The molecule has 3 rings (SSSR count). The quantitative estimate of drug-likeness (QED) is 0.755. The van der Waals surface area contributed by atoms with Gasteiger partial charge < -0.3 is 11.1 Å². The van der Waals surface area contributed by atoms with Gasteiger partial charge >= 0.3 is 0 Å². The molecule has 94 valence electrons.